The van der Waals surface area contributed by atoms with Crippen LogP contribution in [0.3, 0.4) is 0 Å². The molecule has 3 rings (SSSR count). The summed E-state index contributed by atoms with van der Waals surface area (Å²) in [6, 6.07) is 14.2. The van der Waals surface area contributed by atoms with Crippen LogP contribution >= 0.6 is 0 Å². The minimum atomic E-state index is -1.35. The van der Waals surface area contributed by atoms with E-state index in [1.54, 1.807) is 19.2 Å². The first-order valence-electron chi connectivity index (χ1n) is 19.7. The Morgan fingerprint density at radius 3 is 1.38 bits per heavy atom. The lowest BCUT2D eigenvalue weighted by molar-refractivity contribution is -0.116. The lowest BCUT2D eigenvalue weighted by atomic mass is 9.78. The van der Waals surface area contributed by atoms with Crippen molar-refractivity contribution in [3.8, 4) is 17.2 Å². The third kappa shape index (κ3) is 14.5. The minimum absolute atomic E-state index is 0.00859. The predicted octanol–water partition coefficient (Wildman–Crippen LogP) is 10.5. The number of amides is 3. The van der Waals surface area contributed by atoms with Crippen molar-refractivity contribution in [1.29, 1.82) is 0 Å². The maximum absolute atomic E-state index is 12.9. The topological polar surface area (TPSA) is 134 Å². The van der Waals surface area contributed by atoms with E-state index in [0.29, 0.717) is 24.3 Å². The van der Waals surface area contributed by atoms with E-state index in [0.717, 1.165) is 38.3 Å². The summed E-state index contributed by atoms with van der Waals surface area (Å²) < 4.78 is 0. The van der Waals surface area contributed by atoms with Gasteiger partial charge in [0.15, 0.2) is 6.35 Å². The van der Waals surface area contributed by atoms with Crippen molar-refractivity contribution in [2.24, 2.45) is 0 Å². The van der Waals surface area contributed by atoms with Crippen LogP contribution in [0.4, 0.5) is 4.79 Å². The van der Waals surface area contributed by atoms with Crippen LogP contribution < -0.4 is 5.32 Å². The molecule has 3 amide bonds. The zero-order chi connectivity index (χ0) is 43.8. The smallest absolute Gasteiger partial charge is 0.327 e. The highest BCUT2D eigenvalue weighted by Gasteiger charge is 2.29. The normalized spacial score (nSPS) is 12.9. The Hall–Kier alpha value is -4.08. The number of aliphatic hydroxyl groups excluding tert-OH is 1. The summed E-state index contributed by atoms with van der Waals surface area (Å²) in [4.78, 5) is 27.3. The summed E-state index contributed by atoms with van der Waals surface area (Å²) in [5.74, 6) is 0.882. The summed E-state index contributed by atoms with van der Waals surface area (Å²) in [6.07, 6.45) is 0.324. The highest BCUT2D eigenvalue weighted by Crippen LogP contribution is 2.41. The summed E-state index contributed by atoms with van der Waals surface area (Å²) in [7, 11) is 1.64. The van der Waals surface area contributed by atoms with Gasteiger partial charge >= 0.3 is 6.03 Å². The fraction of sp³-hybridized carbons (Fsp3) is 0.574. The van der Waals surface area contributed by atoms with Crippen molar-refractivity contribution in [1.82, 2.24) is 15.1 Å². The van der Waals surface area contributed by atoms with Crippen molar-refractivity contribution in [3.05, 3.63) is 87.5 Å². The molecule has 5 N–H and O–H groups in total. The summed E-state index contributed by atoms with van der Waals surface area (Å²) >= 11 is 0. The molecule has 3 aromatic rings. The molecule has 0 saturated carbocycles. The van der Waals surface area contributed by atoms with E-state index in [1.807, 2.05) is 98.7 Å². The van der Waals surface area contributed by atoms with Gasteiger partial charge in [0, 0.05) is 6.54 Å². The predicted molar refractivity (Wildman–Crippen MR) is 231 cm³/mol. The van der Waals surface area contributed by atoms with E-state index in [4.69, 9.17) is 0 Å². The number of phenols is 3. The van der Waals surface area contributed by atoms with Crippen LogP contribution in [0.5, 0.6) is 17.2 Å². The molecule has 3 aromatic carbocycles. The van der Waals surface area contributed by atoms with Crippen LogP contribution in [0.15, 0.2) is 48.5 Å². The maximum Gasteiger partial charge on any atom is 0.327 e. The Labute approximate surface area is 339 Å². The zero-order valence-electron chi connectivity index (χ0n) is 37.9. The molecule has 0 bridgehead atoms. The van der Waals surface area contributed by atoms with E-state index < -0.39 is 12.4 Å². The van der Waals surface area contributed by atoms with Crippen LogP contribution in [-0.4, -0.2) is 56.1 Å². The Kier molecular flexibility index (Phi) is 17.3. The first-order valence-corrected chi connectivity index (χ1v) is 19.7. The third-order valence-corrected chi connectivity index (χ3v) is 9.15. The number of imide groups is 1. The second-order valence-electron chi connectivity index (χ2n) is 20.0. The molecule has 56 heavy (non-hydrogen) atoms. The van der Waals surface area contributed by atoms with E-state index in [-0.39, 0.29) is 45.1 Å². The van der Waals surface area contributed by atoms with Crippen molar-refractivity contribution in [2.75, 3.05) is 7.05 Å². The van der Waals surface area contributed by atoms with Gasteiger partial charge < -0.3 is 20.4 Å². The number of hydrogen-bond donors (Lipinski definition) is 5. The van der Waals surface area contributed by atoms with E-state index in [1.165, 1.54) is 11.3 Å². The quantitative estimate of drug-likeness (QED) is 0.119. The van der Waals surface area contributed by atoms with Gasteiger partial charge in [0.05, 0.1) is 6.54 Å². The van der Waals surface area contributed by atoms with Gasteiger partial charge in [0.25, 0.3) is 0 Å². The lowest BCUT2D eigenvalue weighted by Gasteiger charge is -2.29. The largest absolute Gasteiger partial charge is 0.508 e. The zero-order valence-corrected chi connectivity index (χ0v) is 37.9. The highest BCUT2D eigenvalue weighted by molar-refractivity contribution is 5.84. The number of para-hydroxylation sites is 1. The monoisotopic (exact) mass is 778 g/mol. The molecule has 0 fully saturated rings. The number of rotatable bonds is 7. The summed E-state index contributed by atoms with van der Waals surface area (Å²) in [6.45, 7) is 35.2. The molecular weight excluding hydrogens is 703 g/mol. The van der Waals surface area contributed by atoms with E-state index >= 15 is 0 Å². The van der Waals surface area contributed by atoms with Crippen molar-refractivity contribution >= 4 is 12.4 Å². The van der Waals surface area contributed by atoms with Gasteiger partial charge in [-0.1, -0.05) is 154 Å². The minimum Gasteiger partial charge on any atom is -0.508 e. The summed E-state index contributed by atoms with van der Waals surface area (Å²) in [5.41, 5.74) is 4.86. The van der Waals surface area contributed by atoms with Gasteiger partial charge in [-0.25, -0.2) is 4.79 Å². The van der Waals surface area contributed by atoms with Crippen LogP contribution in [0.1, 0.15) is 163 Å². The second kappa shape index (κ2) is 19.4. The number of urea groups is 1. The van der Waals surface area contributed by atoms with Gasteiger partial charge in [0.1, 0.15) is 17.2 Å². The first kappa shape index (κ1) is 49.9. The van der Waals surface area contributed by atoms with Crippen LogP contribution in [0.2, 0.25) is 0 Å². The maximum atomic E-state index is 12.9. The van der Waals surface area contributed by atoms with Crippen molar-refractivity contribution < 1.29 is 30.0 Å². The van der Waals surface area contributed by atoms with E-state index in [2.05, 4.69) is 60.7 Å². The molecule has 0 radical (unpaired) electrons. The molecule has 9 heteroatoms. The molecule has 0 aliphatic rings. The molecule has 1 atom stereocenters. The number of nitrogens with one attached hydrogen (secondary N) is 1. The number of aromatic hydroxyl groups is 3. The Balaban J connectivity index is 0.000000720. The molecule has 0 saturated heterocycles. The van der Waals surface area contributed by atoms with Crippen LogP contribution in [-0.2, 0) is 45.0 Å². The Morgan fingerprint density at radius 1 is 0.625 bits per heavy atom. The van der Waals surface area contributed by atoms with Gasteiger partial charge in [-0.15, -0.1) is 0 Å². The van der Waals surface area contributed by atoms with Gasteiger partial charge in [-0.2, -0.15) is 0 Å². The molecule has 1 unspecified atom stereocenters. The van der Waals surface area contributed by atoms with Crippen LogP contribution in [0, 0.1) is 0 Å². The first-order chi connectivity index (χ1) is 25.3. The fourth-order valence-corrected chi connectivity index (χ4v) is 6.00. The number of benzene rings is 3. The molecule has 314 valence electrons. The molecule has 9 nitrogen and oxygen atoms in total. The van der Waals surface area contributed by atoms with Crippen molar-refractivity contribution in [3.63, 3.8) is 0 Å². The standard InChI is InChI=1S/C30H45N3O5.C14H22O.C3H8/c1-28(2,3)21-13-19(11-12-24(21)35)16-32(10)26(37)31-27(38)33(18-34)17-20-14-22(29(4,5)6)25(36)23(15-20)30(7,8)9;1-13(2,3)10-8-7-9-11(12(10)15)14(4,5)6;1-3-2/h11-15,18,26,35-37H,16-17H2,1-10H3,(H,31,38);7-9,15H,1-6H3;3H2,1-2H3. The third-order valence-electron chi connectivity index (χ3n) is 9.15. The molecule has 0 heterocycles. The van der Waals surface area contributed by atoms with Crippen molar-refractivity contribution in [2.45, 2.75) is 171 Å². The molecule has 0 aromatic heterocycles. The highest BCUT2D eigenvalue weighted by atomic mass is 16.3. The Bertz CT molecular complexity index is 1680. The SMILES string of the molecule is CC(C)(C)c1cccc(C(C)(C)C)c1O.CCC.CN(Cc1ccc(O)c(C(C)(C)C)c1)C(O)NC(=O)N(C=O)Cc1cc(C(C)(C)C)c(O)c(C(C)(C)C)c1. The average Bonchev–Trinajstić information content (AvgIpc) is 3.03. The number of nitrogens with zero attached hydrogens (tertiary/aromatic N) is 2. The number of carbonyl (C=O) groups excluding carboxylic acids is 2. The number of carbonyl (C=O) groups is 2. The van der Waals surface area contributed by atoms with Gasteiger partial charge in [0.2, 0.25) is 6.41 Å². The molecular formula is C47H75N3O6. The number of hydrogen-bond acceptors (Lipinski definition) is 7. The fourth-order valence-electron chi connectivity index (χ4n) is 6.00. The molecule has 0 aliphatic heterocycles. The lowest BCUT2D eigenvalue weighted by Crippen LogP contribution is -2.50. The second-order valence-corrected chi connectivity index (χ2v) is 20.0. The van der Waals surface area contributed by atoms with Gasteiger partial charge in [-0.3, -0.25) is 19.9 Å². The molecule has 0 spiro atoms. The Morgan fingerprint density at radius 2 is 1.00 bits per heavy atom. The number of phenolic OH excluding ortho intramolecular Hbond substituents is 3. The van der Waals surface area contributed by atoms with Crippen LogP contribution in [0.25, 0.3) is 0 Å². The average molecular weight is 778 g/mol. The molecule has 0 aliphatic carbocycles. The number of aliphatic hydroxyl groups is 1. The summed E-state index contributed by atoms with van der Waals surface area (Å²) in [5, 5.41) is 44.5. The van der Waals surface area contributed by atoms with Gasteiger partial charge in [-0.05, 0) is 91.3 Å². The van der Waals surface area contributed by atoms with E-state index in [9.17, 15) is 30.0 Å².